The summed E-state index contributed by atoms with van der Waals surface area (Å²) < 4.78 is 24.7. The maximum Gasteiger partial charge on any atom is 0.340 e. The molecule has 8 aliphatic rings. The molecule has 4 aliphatic heterocycles. The number of carbonyl (C=O) groups excluding carboxylic acids is 4. The number of hydrogen-bond acceptors (Lipinski definition) is 20. The predicted octanol–water partition coefficient (Wildman–Crippen LogP) is 23.6. The van der Waals surface area contributed by atoms with E-state index in [-0.39, 0.29) is 31.0 Å². The number of aromatic nitrogens is 10. The van der Waals surface area contributed by atoms with E-state index in [0.717, 1.165) is 131 Å². The van der Waals surface area contributed by atoms with Crippen LogP contribution in [0.1, 0.15) is 527 Å². The van der Waals surface area contributed by atoms with Crippen LogP contribution in [-0.4, -0.2) is 93.3 Å². The molecule has 20 nitrogen and oxygen atoms in total. The second kappa shape index (κ2) is 44.2. The number of ketones is 3. The van der Waals surface area contributed by atoms with Gasteiger partial charge in [0.2, 0.25) is 5.85 Å². The highest BCUT2D eigenvalue weighted by Gasteiger charge is 2.39. The van der Waals surface area contributed by atoms with Crippen molar-refractivity contribution in [1.29, 1.82) is 0 Å². The molecule has 0 bridgehead atoms. The lowest BCUT2D eigenvalue weighted by Crippen LogP contribution is -2.34. The molecule has 0 amide bonds. The predicted molar refractivity (Wildman–Crippen MR) is 509 cm³/mol. The van der Waals surface area contributed by atoms with E-state index in [1.807, 2.05) is 40.1 Å². The molecule has 127 heavy (non-hydrogen) atoms. The number of hydrogen-bond donors (Lipinski definition) is 0. The molecule has 0 saturated heterocycles. The number of alkyl halides is 1. The maximum absolute atomic E-state index is 14.1. The van der Waals surface area contributed by atoms with E-state index in [1.54, 1.807) is 0 Å². The van der Waals surface area contributed by atoms with E-state index in [4.69, 9.17) is 9.47 Å². The Hall–Kier alpha value is -9.53. The standard InChI is InChI=1S/C15H21FO.C15H20O.2C14H19NO.C13H20N2.C12H16N2O2.2C11H16N4.CH4/c1-9(2)11-6-7-12(10(3)4)14-13(11)8-15(5,16)17-14;1-9(2)11-5-6-12(10(3)4)15-13(11)7-8-14(15)16;1-8(2)11-7-15-14(9(3)4)10-5-6-12(16)13(10)11;1-8(2)11-7-15-14(9(3)4)13-10(11)5-6-12(13)16;1-8(2)12-10-6-5-7-11(10)13(9(3)4)15-14-12;1-6(2)10-8-5-16-12(15)9(8)11(7(3)4)14-13-10;2*1-6(2)8-10-11(13-5-12-10)9(7(3)4)15-14-8;/h6-7,9-10H,8H2,1-5H3;5-6,9-10H,7-8H2,1-4H3;2*7-9H,5-6H2,1-4H3;8-9H,5-7H2,1-4H3;6-7H,5H2,1-4H3;2*6-7H,5H2,1-4H3;1H4. The van der Waals surface area contributed by atoms with Gasteiger partial charge in [0.05, 0.1) is 56.8 Å². The third-order valence-corrected chi connectivity index (χ3v) is 24.5. The van der Waals surface area contributed by atoms with E-state index in [9.17, 15) is 23.6 Å². The lowest BCUT2D eigenvalue weighted by atomic mass is 9.88. The smallest absolute Gasteiger partial charge is 0.340 e. The largest absolute Gasteiger partial charge is 0.457 e. The van der Waals surface area contributed by atoms with Crippen molar-refractivity contribution in [3.8, 4) is 5.75 Å². The molecular weight excluding hydrogens is 1580 g/mol. The number of fused-ring (bicyclic) bond motifs is 8. The molecule has 0 saturated carbocycles. The van der Waals surface area contributed by atoms with E-state index in [1.165, 1.54) is 87.6 Å². The Bertz CT molecular complexity index is 4960. The van der Waals surface area contributed by atoms with Crippen molar-refractivity contribution in [2.45, 2.75) is 407 Å². The van der Waals surface area contributed by atoms with Crippen molar-refractivity contribution in [3.63, 3.8) is 0 Å². The molecule has 688 valence electrons. The lowest BCUT2D eigenvalue weighted by molar-refractivity contribution is -0.0241. The summed E-state index contributed by atoms with van der Waals surface area (Å²) in [5.74, 6) is 6.08. The van der Waals surface area contributed by atoms with Gasteiger partial charge in [-0.15, -0.1) is 0 Å². The normalized spacial score (nSPS) is 15.7. The molecule has 6 aromatic heterocycles. The third-order valence-electron chi connectivity index (χ3n) is 24.5. The number of nitrogens with zero attached hydrogens (tertiary/aromatic N) is 14. The van der Waals surface area contributed by atoms with Crippen molar-refractivity contribution in [2.24, 2.45) is 20.0 Å². The number of rotatable bonds is 16. The van der Waals surface area contributed by atoms with Crippen LogP contribution in [0.4, 0.5) is 4.39 Å². The van der Waals surface area contributed by atoms with Gasteiger partial charge in [-0.2, -0.15) is 45.2 Å². The molecule has 0 spiro atoms. The van der Waals surface area contributed by atoms with Gasteiger partial charge in [0.25, 0.3) is 0 Å². The van der Waals surface area contributed by atoms with E-state index < -0.39 is 5.85 Å². The number of pyridine rings is 2. The Morgan fingerprint density at radius 2 is 0.598 bits per heavy atom. The molecule has 2 aromatic carbocycles. The van der Waals surface area contributed by atoms with Crippen molar-refractivity contribution in [3.05, 3.63) is 210 Å². The zero-order valence-electron chi connectivity index (χ0n) is 82.5. The molecular formula is C106H151FN14O6. The average molecular weight is 1740 g/mol. The van der Waals surface area contributed by atoms with Crippen LogP contribution in [0.15, 0.2) is 56.6 Å². The van der Waals surface area contributed by atoms with Crippen LogP contribution >= 0.6 is 0 Å². The minimum atomic E-state index is -1.54. The van der Waals surface area contributed by atoms with E-state index >= 15 is 0 Å². The highest BCUT2D eigenvalue weighted by Crippen LogP contribution is 2.46. The molecule has 8 aromatic rings. The summed E-state index contributed by atoms with van der Waals surface area (Å²) in [7, 11) is 0. The molecule has 21 heteroatoms. The zero-order valence-corrected chi connectivity index (χ0v) is 82.5. The second-order valence-corrected chi connectivity index (χ2v) is 40.1. The number of halogens is 1. The first-order valence-electron chi connectivity index (χ1n) is 47.0. The fraction of sp³-hybridized carbons (Fsp3) is 0.604. The molecule has 0 N–H and O–H groups in total. The van der Waals surface area contributed by atoms with Crippen LogP contribution in [-0.2, 0) is 49.9 Å². The first-order valence-corrected chi connectivity index (χ1v) is 47.0. The van der Waals surface area contributed by atoms with Crippen LogP contribution < -0.4 is 26.2 Å². The summed E-state index contributed by atoms with van der Waals surface area (Å²) in [5.41, 5.74) is 29.8. The van der Waals surface area contributed by atoms with Crippen LogP contribution in [0.25, 0.3) is 0 Å². The Morgan fingerprint density at radius 3 is 0.984 bits per heavy atom. The molecule has 1 unspecified atom stereocenters. The van der Waals surface area contributed by atoms with Gasteiger partial charge in [0, 0.05) is 78.5 Å². The van der Waals surface area contributed by atoms with Gasteiger partial charge in [-0.25, -0.2) is 4.79 Å². The summed E-state index contributed by atoms with van der Waals surface area (Å²) in [4.78, 5) is 74.1. The SMILES string of the molecule is C.CC(C)c1ccc(C(C)C)c2c1CC(C)(F)O2.CC(C)c1ccc(C(C)C)c2c1CCC2=O.CC(C)c1cnc(C(C)C)c2c1C(=O)CC2.CC(C)c1cnc(C(C)C)c2c1CCC2=O.CC(C)c1nnc(C(C)C)c2c1=NCN=2.CC(C)c1nnc(C(C)C)c2c1=NCN=2.CC(C)c1nnc(C(C)C)c2c1CCC2.CC(C)c1nnc(C(C)C)c2c1COC2=O. The summed E-state index contributed by atoms with van der Waals surface area (Å²) in [6.07, 6.45) is 12.7. The first-order chi connectivity index (χ1) is 59.2. The number of cyclic esters (lactones) is 1. The summed E-state index contributed by atoms with van der Waals surface area (Å²) in [5, 5.41) is 38.2. The van der Waals surface area contributed by atoms with Crippen molar-refractivity contribution >= 4 is 23.3 Å². The number of esters is 1. The highest BCUT2D eigenvalue weighted by atomic mass is 19.2. The lowest BCUT2D eigenvalue weighted by Gasteiger charge is -2.17. The Balaban J connectivity index is 0.000000179. The molecule has 1 atom stereocenters. The van der Waals surface area contributed by atoms with E-state index in [2.05, 4.69) is 289 Å². The maximum atomic E-state index is 14.1. The van der Waals surface area contributed by atoms with Crippen molar-refractivity contribution in [1.82, 2.24) is 50.8 Å². The third kappa shape index (κ3) is 23.6. The minimum Gasteiger partial charge on any atom is -0.457 e. The molecule has 16 rings (SSSR count). The summed E-state index contributed by atoms with van der Waals surface area (Å²) in [6, 6.07) is 8.59. The second-order valence-electron chi connectivity index (χ2n) is 40.1. The van der Waals surface area contributed by atoms with Gasteiger partial charge < -0.3 is 9.47 Å². The van der Waals surface area contributed by atoms with Crippen LogP contribution in [0.2, 0.25) is 0 Å². The number of Topliss-reactive ketones (excluding diaryl/α,β-unsaturated/α-hetero) is 3. The fourth-order valence-electron chi connectivity index (χ4n) is 18.0. The Labute approximate surface area is 758 Å². The molecule has 4 aliphatic carbocycles. The van der Waals surface area contributed by atoms with Gasteiger partial charge in [0.15, 0.2) is 17.3 Å². The summed E-state index contributed by atoms with van der Waals surface area (Å²) >= 11 is 0. The van der Waals surface area contributed by atoms with Crippen molar-refractivity contribution in [2.75, 3.05) is 13.3 Å². The molecule has 10 heterocycles. The number of benzene rings is 2. The van der Waals surface area contributed by atoms with Gasteiger partial charge in [-0.1, -0.05) is 253 Å². The summed E-state index contributed by atoms with van der Waals surface area (Å²) in [6.45, 7) is 71.0. The van der Waals surface area contributed by atoms with Crippen LogP contribution in [0.3, 0.4) is 0 Å². The van der Waals surface area contributed by atoms with Gasteiger partial charge in [0.1, 0.15) is 47.1 Å². The Morgan fingerprint density at radius 1 is 0.291 bits per heavy atom. The monoisotopic (exact) mass is 1740 g/mol. The highest BCUT2D eigenvalue weighted by molar-refractivity contribution is 6.03. The minimum absolute atomic E-state index is 0. The first kappa shape index (κ1) is 103. The molecule has 0 radical (unpaired) electrons. The van der Waals surface area contributed by atoms with E-state index in [0.29, 0.717) is 146 Å². The number of carbonyl (C=O) groups is 4. The quantitative estimate of drug-likeness (QED) is 0.0814. The topological polar surface area (TPSA) is 265 Å². The van der Waals surface area contributed by atoms with Gasteiger partial charge >= 0.3 is 5.97 Å². The fourth-order valence-corrected chi connectivity index (χ4v) is 18.0. The van der Waals surface area contributed by atoms with Crippen molar-refractivity contribution < 1.29 is 33.0 Å². The van der Waals surface area contributed by atoms with Crippen LogP contribution in [0, 0.1) is 0 Å². The molecule has 0 fully saturated rings. The average Bonchev–Trinajstić information content (AvgIpc) is 1.63. The Kier molecular flexibility index (Phi) is 35.8. The van der Waals surface area contributed by atoms with Crippen LogP contribution in [0.5, 0.6) is 5.75 Å². The number of ether oxygens (including phenoxy) is 2. The van der Waals surface area contributed by atoms with Gasteiger partial charge in [-0.3, -0.25) is 44.3 Å². The zero-order chi connectivity index (χ0) is 93.3. The van der Waals surface area contributed by atoms with Gasteiger partial charge in [-0.05, 0) is 194 Å².